The molecule has 3 unspecified atom stereocenters. The van der Waals surface area contributed by atoms with Crippen molar-refractivity contribution in [3.63, 3.8) is 0 Å². The summed E-state index contributed by atoms with van der Waals surface area (Å²) in [7, 11) is 0. The summed E-state index contributed by atoms with van der Waals surface area (Å²) >= 11 is 0. The SMILES string of the molecule is CCC(C)c1ccc(C2NCCNC2C)cc1. The number of nitrogens with one attached hydrogen (secondary N) is 2. The van der Waals surface area contributed by atoms with Crippen LogP contribution in [-0.4, -0.2) is 19.1 Å². The first kappa shape index (κ1) is 12.6. The van der Waals surface area contributed by atoms with E-state index in [9.17, 15) is 0 Å². The molecule has 2 N–H and O–H groups in total. The predicted octanol–water partition coefficient (Wildman–Crippen LogP) is 2.82. The van der Waals surface area contributed by atoms with Crippen LogP contribution in [0, 0.1) is 0 Å². The van der Waals surface area contributed by atoms with Crippen molar-refractivity contribution in [2.45, 2.75) is 45.2 Å². The quantitative estimate of drug-likeness (QED) is 0.837. The van der Waals surface area contributed by atoms with Gasteiger partial charge in [0.1, 0.15) is 0 Å². The Hall–Kier alpha value is -0.860. The fourth-order valence-electron chi connectivity index (χ4n) is 2.50. The summed E-state index contributed by atoms with van der Waals surface area (Å²) < 4.78 is 0. The molecule has 0 radical (unpaired) electrons. The molecule has 2 heteroatoms. The van der Waals surface area contributed by atoms with Gasteiger partial charge in [-0.3, -0.25) is 0 Å². The molecule has 1 aromatic rings. The first-order valence-corrected chi connectivity index (χ1v) is 6.79. The molecular formula is C15H24N2. The summed E-state index contributed by atoms with van der Waals surface area (Å²) in [5.74, 6) is 0.666. The zero-order valence-corrected chi connectivity index (χ0v) is 11.2. The lowest BCUT2D eigenvalue weighted by atomic mass is 9.93. The van der Waals surface area contributed by atoms with Crippen molar-refractivity contribution in [2.75, 3.05) is 13.1 Å². The van der Waals surface area contributed by atoms with Gasteiger partial charge < -0.3 is 10.6 Å². The molecule has 17 heavy (non-hydrogen) atoms. The Morgan fingerprint density at radius 1 is 1.18 bits per heavy atom. The molecule has 1 aromatic carbocycles. The molecule has 1 aliphatic heterocycles. The standard InChI is InChI=1S/C15H24N2/c1-4-11(2)13-5-7-14(8-6-13)15-12(3)16-9-10-17-15/h5-8,11-12,15-17H,4,9-10H2,1-3H3. The van der Waals surface area contributed by atoms with E-state index in [1.54, 1.807) is 0 Å². The molecule has 0 bridgehead atoms. The van der Waals surface area contributed by atoms with E-state index in [0.29, 0.717) is 18.0 Å². The van der Waals surface area contributed by atoms with E-state index in [2.05, 4.69) is 55.7 Å². The average molecular weight is 232 g/mol. The summed E-state index contributed by atoms with van der Waals surface area (Å²) in [6, 6.07) is 10.1. The maximum atomic E-state index is 3.59. The molecule has 1 saturated heterocycles. The van der Waals surface area contributed by atoms with Crippen molar-refractivity contribution in [2.24, 2.45) is 0 Å². The van der Waals surface area contributed by atoms with E-state index >= 15 is 0 Å². The van der Waals surface area contributed by atoms with E-state index < -0.39 is 0 Å². The minimum Gasteiger partial charge on any atom is -0.311 e. The van der Waals surface area contributed by atoms with Gasteiger partial charge in [-0.1, -0.05) is 38.1 Å². The van der Waals surface area contributed by atoms with E-state index in [4.69, 9.17) is 0 Å². The molecular weight excluding hydrogens is 208 g/mol. The minimum atomic E-state index is 0.453. The molecule has 2 rings (SSSR count). The van der Waals surface area contributed by atoms with Crippen molar-refractivity contribution >= 4 is 0 Å². The lowest BCUT2D eigenvalue weighted by Crippen LogP contribution is -2.48. The van der Waals surface area contributed by atoms with Gasteiger partial charge in [-0.05, 0) is 30.4 Å². The minimum absolute atomic E-state index is 0.453. The number of rotatable bonds is 3. The second-order valence-corrected chi connectivity index (χ2v) is 5.15. The molecule has 94 valence electrons. The largest absolute Gasteiger partial charge is 0.311 e. The van der Waals surface area contributed by atoms with Gasteiger partial charge in [0.2, 0.25) is 0 Å². The van der Waals surface area contributed by atoms with E-state index in [1.807, 2.05) is 0 Å². The van der Waals surface area contributed by atoms with Gasteiger partial charge in [0.25, 0.3) is 0 Å². The first-order valence-electron chi connectivity index (χ1n) is 6.79. The summed E-state index contributed by atoms with van der Waals surface area (Å²) in [5.41, 5.74) is 2.85. The van der Waals surface area contributed by atoms with Crippen LogP contribution in [0.25, 0.3) is 0 Å². The van der Waals surface area contributed by atoms with Gasteiger partial charge in [0, 0.05) is 25.2 Å². The zero-order chi connectivity index (χ0) is 12.3. The maximum Gasteiger partial charge on any atom is 0.0473 e. The van der Waals surface area contributed by atoms with E-state index in [-0.39, 0.29) is 0 Å². The van der Waals surface area contributed by atoms with Crippen LogP contribution in [0.15, 0.2) is 24.3 Å². The molecule has 0 spiro atoms. The highest BCUT2D eigenvalue weighted by atomic mass is 15.1. The summed E-state index contributed by atoms with van der Waals surface area (Å²) in [4.78, 5) is 0. The maximum absolute atomic E-state index is 3.59. The Labute approximate surface area is 105 Å². The molecule has 2 nitrogen and oxygen atoms in total. The summed E-state index contributed by atoms with van der Waals surface area (Å²) in [6.07, 6.45) is 1.21. The van der Waals surface area contributed by atoms with Crippen molar-refractivity contribution in [1.82, 2.24) is 10.6 Å². The van der Waals surface area contributed by atoms with Crippen molar-refractivity contribution in [3.8, 4) is 0 Å². The molecule has 0 saturated carbocycles. The van der Waals surface area contributed by atoms with Gasteiger partial charge in [-0.25, -0.2) is 0 Å². The number of piperazine rings is 1. The van der Waals surface area contributed by atoms with Crippen molar-refractivity contribution in [3.05, 3.63) is 35.4 Å². The lowest BCUT2D eigenvalue weighted by Gasteiger charge is -2.31. The van der Waals surface area contributed by atoms with E-state index in [1.165, 1.54) is 17.5 Å². The van der Waals surface area contributed by atoms with Crippen LogP contribution >= 0.6 is 0 Å². The fraction of sp³-hybridized carbons (Fsp3) is 0.600. The number of hydrogen-bond acceptors (Lipinski definition) is 2. The van der Waals surface area contributed by atoms with E-state index in [0.717, 1.165) is 13.1 Å². The second-order valence-electron chi connectivity index (χ2n) is 5.15. The van der Waals surface area contributed by atoms with Crippen LogP contribution in [0.1, 0.15) is 50.3 Å². The topological polar surface area (TPSA) is 24.1 Å². The smallest absolute Gasteiger partial charge is 0.0473 e. The molecule has 0 aromatic heterocycles. The van der Waals surface area contributed by atoms with Gasteiger partial charge in [-0.2, -0.15) is 0 Å². The van der Waals surface area contributed by atoms with Crippen molar-refractivity contribution < 1.29 is 0 Å². The van der Waals surface area contributed by atoms with Crippen LogP contribution in [0.4, 0.5) is 0 Å². The second kappa shape index (κ2) is 5.65. The normalized spacial score (nSPS) is 26.8. The summed E-state index contributed by atoms with van der Waals surface area (Å²) in [6.45, 7) is 8.91. The Bertz CT molecular complexity index is 344. The van der Waals surface area contributed by atoms with Crippen LogP contribution < -0.4 is 10.6 Å². The molecule has 0 amide bonds. The Morgan fingerprint density at radius 3 is 2.41 bits per heavy atom. The van der Waals surface area contributed by atoms with Crippen molar-refractivity contribution in [1.29, 1.82) is 0 Å². The zero-order valence-electron chi connectivity index (χ0n) is 11.2. The predicted molar refractivity (Wildman–Crippen MR) is 73.4 cm³/mol. The Kier molecular flexibility index (Phi) is 4.19. The summed E-state index contributed by atoms with van der Waals surface area (Å²) in [5, 5.41) is 7.10. The molecule has 1 aliphatic rings. The fourth-order valence-corrected chi connectivity index (χ4v) is 2.50. The first-order chi connectivity index (χ1) is 8.22. The van der Waals surface area contributed by atoms with Crippen LogP contribution in [-0.2, 0) is 0 Å². The molecule has 1 heterocycles. The monoisotopic (exact) mass is 232 g/mol. The van der Waals surface area contributed by atoms with Crippen LogP contribution in [0.2, 0.25) is 0 Å². The molecule has 1 fully saturated rings. The highest BCUT2D eigenvalue weighted by Gasteiger charge is 2.21. The van der Waals surface area contributed by atoms with Crippen LogP contribution in [0.5, 0.6) is 0 Å². The number of benzene rings is 1. The average Bonchev–Trinajstić information content (AvgIpc) is 2.39. The highest BCUT2D eigenvalue weighted by Crippen LogP contribution is 2.23. The Balaban J connectivity index is 2.11. The lowest BCUT2D eigenvalue weighted by molar-refractivity contribution is 0.345. The Morgan fingerprint density at radius 2 is 1.82 bits per heavy atom. The number of hydrogen-bond donors (Lipinski definition) is 2. The van der Waals surface area contributed by atoms with Gasteiger partial charge in [0.05, 0.1) is 0 Å². The van der Waals surface area contributed by atoms with Crippen LogP contribution in [0.3, 0.4) is 0 Å². The molecule has 0 aliphatic carbocycles. The molecule has 3 atom stereocenters. The van der Waals surface area contributed by atoms with Gasteiger partial charge in [-0.15, -0.1) is 0 Å². The highest BCUT2D eigenvalue weighted by molar-refractivity contribution is 5.28. The van der Waals surface area contributed by atoms with Gasteiger partial charge >= 0.3 is 0 Å². The third-order valence-corrected chi connectivity index (χ3v) is 3.93. The van der Waals surface area contributed by atoms with Gasteiger partial charge in [0.15, 0.2) is 0 Å². The third kappa shape index (κ3) is 2.88. The third-order valence-electron chi connectivity index (χ3n) is 3.93.